The molecule has 1 atom stereocenters. The van der Waals surface area contributed by atoms with E-state index in [2.05, 4.69) is 27.1 Å². The summed E-state index contributed by atoms with van der Waals surface area (Å²) >= 11 is 6.49. The molecule has 4 N–H and O–H groups in total. The molecule has 248 valence electrons. The second kappa shape index (κ2) is 14.1. The fraction of sp³-hybridized carbons (Fsp3) is 0.559. The molecule has 3 saturated heterocycles. The number of carbonyl (C=O) groups excluding carboxylic acids is 2. The number of hydrogen-bond donors (Lipinski definition) is 3. The van der Waals surface area contributed by atoms with Crippen molar-refractivity contribution < 1.29 is 9.59 Å². The van der Waals surface area contributed by atoms with Crippen LogP contribution in [0.2, 0.25) is 5.02 Å². The number of likely N-dealkylation sites (tertiary alicyclic amines) is 2. The summed E-state index contributed by atoms with van der Waals surface area (Å²) in [5.41, 5.74) is 10.1. The number of aromatic nitrogens is 2. The summed E-state index contributed by atoms with van der Waals surface area (Å²) in [6, 6.07) is 11.1. The molecule has 46 heavy (non-hydrogen) atoms. The summed E-state index contributed by atoms with van der Waals surface area (Å²) in [5, 5.41) is 3.57. The van der Waals surface area contributed by atoms with E-state index in [4.69, 9.17) is 17.3 Å². The first kappa shape index (κ1) is 32.4. The van der Waals surface area contributed by atoms with Gasteiger partial charge >= 0.3 is 11.7 Å². The van der Waals surface area contributed by atoms with Gasteiger partial charge in [-0.15, -0.1) is 0 Å². The Morgan fingerprint density at radius 1 is 0.957 bits per heavy atom. The number of carbonyl (C=O) groups is 2. The number of fused-ring (bicyclic) bond motifs is 1. The van der Waals surface area contributed by atoms with Crippen LogP contribution in [0.15, 0.2) is 41.2 Å². The van der Waals surface area contributed by atoms with Crippen molar-refractivity contribution in [3.05, 3.63) is 63.0 Å². The Morgan fingerprint density at radius 3 is 2.33 bits per heavy atom. The summed E-state index contributed by atoms with van der Waals surface area (Å²) in [6.07, 6.45) is 4.67. The van der Waals surface area contributed by atoms with Crippen LogP contribution >= 0.6 is 11.6 Å². The molecule has 12 heteroatoms. The number of para-hydroxylation sites is 2. The monoisotopic (exact) mass is 650 g/mol. The molecule has 0 unspecified atom stereocenters. The molecule has 0 saturated carbocycles. The van der Waals surface area contributed by atoms with Crippen molar-refractivity contribution in [3.63, 3.8) is 0 Å². The first-order valence-electron chi connectivity index (χ1n) is 16.7. The Bertz CT molecular complexity index is 1600. The number of halogens is 1. The van der Waals surface area contributed by atoms with E-state index < -0.39 is 6.04 Å². The molecule has 3 amide bonds. The van der Waals surface area contributed by atoms with E-state index in [1.165, 1.54) is 0 Å². The highest BCUT2D eigenvalue weighted by Crippen LogP contribution is 2.28. The molecular formula is C34H47ClN8O3. The summed E-state index contributed by atoms with van der Waals surface area (Å²) in [4.78, 5) is 52.1. The number of aromatic amines is 1. The summed E-state index contributed by atoms with van der Waals surface area (Å²) < 4.78 is 1.82. The van der Waals surface area contributed by atoms with Gasteiger partial charge in [-0.05, 0) is 81.6 Å². The van der Waals surface area contributed by atoms with Gasteiger partial charge in [0, 0.05) is 57.8 Å². The first-order valence-corrected chi connectivity index (χ1v) is 17.1. The van der Waals surface area contributed by atoms with Crippen molar-refractivity contribution in [2.75, 3.05) is 65.1 Å². The highest BCUT2D eigenvalue weighted by molar-refractivity contribution is 6.33. The van der Waals surface area contributed by atoms with Crippen molar-refractivity contribution in [2.45, 2.75) is 63.6 Å². The van der Waals surface area contributed by atoms with Crippen LogP contribution in [0.3, 0.4) is 0 Å². The number of anilines is 1. The van der Waals surface area contributed by atoms with E-state index >= 15 is 0 Å². The number of nitrogens with one attached hydrogen (secondary N) is 2. The second-order valence-corrected chi connectivity index (χ2v) is 13.5. The van der Waals surface area contributed by atoms with Crippen molar-refractivity contribution in [1.82, 2.24) is 34.5 Å². The number of nitrogens with two attached hydrogens (primary N) is 1. The largest absolute Gasteiger partial charge is 0.397 e. The quantitative estimate of drug-likeness (QED) is 0.337. The fourth-order valence-corrected chi connectivity index (χ4v) is 7.74. The molecule has 3 fully saturated rings. The SMILES string of the molecule is CCc1cc(C[C@@H](NC(=O)N2CCC(n3c(=O)[nH]c4ccccc43)CC2)C(=O)N2CCN(C3CCN(C)CC3)CC2)cc(Cl)c1N. The fourth-order valence-electron chi connectivity index (χ4n) is 7.48. The minimum Gasteiger partial charge on any atom is -0.397 e. The van der Waals surface area contributed by atoms with Crippen LogP contribution in [-0.2, 0) is 17.6 Å². The summed E-state index contributed by atoms with van der Waals surface area (Å²) in [5.74, 6) is -0.0670. The molecule has 6 rings (SSSR count). The number of nitrogens with zero attached hydrogens (tertiary/aromatic N) is 5. The Kier molecular flexibility index (Phi) is 9.91. The van der Waals surface area contributed by atoms with Crippen LogP contribution in [0, 0.1) is 0 Å². The number of nitrogen functional groups attached to an aromatic ring is 1. The van der Waals surface area contributed by atoms with E-state index in [0.29, 0.717) is 62.2 Å². The lowest BCUT2D eigenvalue weighted by molar-refractivity contribution is -0.135. The van der Waals surface area contributed by atoms with Gasteiger partial charge in [0.2, 0.25) is 5.91 Å². The van der Waals surface area contributed by atoms with Crippen LogP contribution in [0.1, 0.15) is 49.8 Å². The van der Waals surface area contributed by atoms with Gasteiger partial charge in [-0.1, -0.05) is 36.7 Å². The second-order valence-electron chi connectivity index (χ2n) is 13.1. The molecule has 0 spiro atoms. The molecule has 0 bridgehead atoms. The minimum atomic E-state index is -0.735. The Hall–Kier alpha value is -3.54. The molecule has 3 aliphatic heterocycles. The summed E-state index contributed by atoms with van der Waals surface area (Å²) in [6.45, 7) is 8.20. The molecule has 0 radical (unpaired) electrons. The number of imidazole rings is 1. The maximum Gasteiger partial charge on any atom is 0.326 e. The lowest BCUT2D eigenvalue weighted by Gasteiger charge is -2.43. The Labute approximate surface area is 275 Å². The van der Waals surface area contributed by atoms with E-state index in [1.807, 2.05) is 52.8 Å². The number of benzene rings is 2. The third kappa shape index (κ3) is 6.91. The van der Waals surface area contributed by atoms with Gasteiger partial charge in [-0.3, -0.25) is 14.3 Å². The zero-order valence-electron chi connectivity index (χ0n) is 27.0. The van der Waals surface area contributed by atoms with Crippen molar-refractivity contribution in [2.24, 2.45) is 0 Å². The third-order valence-corrected chi connectivity index (χ3v) is 10.6. The van der Waals surface area contributed by atoms with Crippen LogP contribution in [0.5, 0.6) is 0 Å². The van der Waals surface area contributed by atoms with Crippen LogP contribution < -0.4 is 16.7 Å². The molecule has 3 aliphatic rings. The lowest BCUT2D eigenvalue weighted by Crippen LogP contribution is -2.59. The van der Waals surface area contributed by atoms with E-state index in [-0.39, 0.29) is 23.7 Å². The van der Waals surface area contributed by atoms with Gasteiger partial charge in [-0.25, -0.2) is 9.59 Å². The smallest absolute Gasteiger partial charge is 0.326 e. The Balaban J connectivity index is 1.13. The number of piperidine rings is 2. The van der Waals surface area contributed by atoms with Crippen LogP contribution in [-0.4, -0.2) is 113 Å². The van der Waals surface area contributed by atoms with Crippen LogP contribution in [0.25, 0.3) is 11.0 Å². The van der Waals surface area contributed by atoms with Gasteiger partial charge in [0.05, 0.1) is 21.7 Å². The number of urea groups is 1. The van der Waals surface area contributed by atoms with Gasteiger partial charge in [-0.2, -0.15) is 0 Å². The van der Waals surface area contributed by atoms with E-state index in [9.17, 15) is 14.4 Å². The number of aryl methyl sites for hydroxylation is 1. The highest BCUT2D eigenvalue weighted by Gasteiger charge is 2.34. The van der Waals surface area contributed by atoms with Crippen molar-refractivity contribution in [3.8, 4) is 0 Å². The highest BCUT2D eigenvalue weighted by atomic mass is 35.5. The maximum absolute atomic E-state index is 14.1. The van der Waals surface area contributed by atoms with E-state index in [0.717, 1.165) is 67.6 Å². The number of hydrogen-bond acceptors (Lipinski definition) is 6. The number of H-pyrrole nitrogens is 1. The third-order valence-electron chi connectivity index (χ3n) is 10.3. The lowest BCUT2D eigenvalue weighted by atomic mass is 9.99. The zero-order chi connectivity index (χ0) is 32.4. The molecule has 2 aromatic carbocycles. The minimum absolute atomic E-state index is 0.00428. The standard InChI is InChI=1S/C34H47ClN8O3/c1-3-24-20-23(21-27(35)31(24)36)22-29(32(44)41-18-16-40(17-19-41)25-8-12-39(2)13-9-25)38-33(45)42-14-10-26(11-15-42)43-30-7-5-4-6-28(30)37-34(43)46/h4-7,20-21,25-26,29H,3,8-19,22,36H2,1-2H3,(H,37,46)(H,38,45)/t29-/m1/s1. The van der Waals surface area contributed by atoms with Gasteiger partial charge < -0.3 is 30.7 Å². The van der Waals surface area contributed by atoms with Gasteiger partial charge in [0.15, 0.2) is 0 Å². The average molecular weight is 651 g/mol. The predicted molar refractivity (Wildman–Crippen MR) is 182 cm³/mol. The zero-order valence-corrected chi connectivity index (χ0v) is 27.8. The number of amides is 3. The number of piperazine rings is 1. The van der Waals surface area contributed by atoms with Gasteiger partial charge in [0.25, 0.3) is 0 Å². The van der Waals surface area contributed by atoms with Gasteiger partial charge in [0.1, 0.15) is 6.04 Å². The number of rotatable bonds is 7. The molecule has 11 nitrogen and oxygen atoms in total. The van der Waals surface area contributed by atoms with E-state index in [1.54, 1.807) is 4.90 Å². The summed E-state index contributed by atoms with van der Waals surface area (Å²) in [7, 11) is 2.17. The first-order chi connectivity index (χ1) is 22.2. The molecule has 3 aromatic rings. The predicted octanol–water partition coefficient (Wildman–Crippen LogP) is 3.32. The molecule has 4 heterocycles. The maximum atomic E-state index is 14.1. The Morgan fingerprint density at radius 2 is 1.63 bits per heavy atom. The molecule has 1 aromatic heterocycles. The normalized spacial score (nSPS) is 19.9. The van der Waals surface area contributed by atoms with Crippen LogP contribution in [0.4, 0.5) is 10.5 Å². The van der Waals surface area contributed by atoms with Crippen molar-refractivity contribution in [1.29, 1.82) is 0 Å². The average Bonchev–Trinajstić information content (AvgIpc) is 3.41. The topological polar surface area (TPSA) is 123 Å². The van der Waals surface area contributed by atoms with Crippen molar-refractivity contribution >= 4 is 40.3 Å². The molecule has 0 aliphatic carbocycles. The molecular weight excluding hydrogens is 604 g/mol.